The smallest absolute Gasteiger partial charge is 0.228 e. The van der Waals surface area contributed by atoms with Crippen molar-refractivity contribution in [2.75, 3.05) is 11.1 Å². The van der Waals surface area contributed by atoms with Crippen LogP contribution in [0.25, 0.3) is 21.9 Å². The van der Waals surface area contributed by atoms with E-state index in [2.05, 4.69) is 21.4 Å². The highest BCUT2D eigenvalue weighted by Gasteiger charge is 2.29. The van der Waals surface area contributed by atoms with Crippen molar-refractivity contribution in [2.45, 2.75) is 19.8 Å². The molecule has 1 amide bonds. The van der Waals surface area contributed by atoms with Gasteiger partial charge in [-0.15, -0.1) is 0 Å². The molecular formula is C19H18N4O. The number of carbonyl (C=O) groups is 1. The predicted molar refractivity (Wildman–Crippen MR) is 95.5 cm³/mol. The number of benzene rings is 1. The van der Waals surface area contributed by atoms with Gasteiger partial charge in [0.2, 0.25) is 5.91 Å². The SMILES string of the molecule is Cc1ccncc1-c1cc(N)c2cnc(NC(=O)C3CC3)cc2c1. The lowest BCUT2D eigenvalue weighted by Gasteiger charge is -2.10. The lowest BCUT2D eigenvalue weighted by Crippen LogP contribution is -2.14. The monoisotopic (exact) mass is 318 g/mol. The Morgan fingerprint density at radius 2 is 2.08 bits per heavy atom. The normalized spacial score (nSPS) is 13.9. The number of nitrogen functional groups attached to an aromatic ring is 1. The summed E-state index contributed by atoms with van der Waals surface area (Å²) in [5.41, 5.74) is 10.1. The van der Waals surface area contributed by atoms with Gasteiger partial charge in [0.25, 0.3) is 0 Å². The summed E-state index contributed by atoms with van der Waals surface area (Å²) in [6, 6.07) is 7.85. The Kier molecular flexibility index (Phi) is 3.41. The highest BCUT2D eigenvalue weighted by Crippen LogP contribution is 2.33. The summed E-state index contributed by atoms with van der Waals surface area (Å²) in [6.45, 7) is 2.05. The summed E-state index contributed by atoms with van der Waals surface area (Å²) in [5, 5.41) is 4.72. The number of nitrogens with two attached hydrogens (primary N) is 1. The van der Waals surface area contributed by atoms with Gasteiger partial charge in [0, 0.05) is 41.1 Å². The van der Waals surface area contributed by atoms with Gasteiger partial charge in [-0.1, -0.05) is 0 Å². The minimum Gasteiger partial charge on any atom is -0.398 e. The Balaban J connectivity index is 1.77. The number of hydrogen-bond acceptors (Lipinski definition) is 4. The fourth-order valence-corrected chi connectivity index (χ4v) is 2.85. The molecule has 2 aromatic heterocycles. The third-order valence-electron chi connectivity index (χ3n) is 4.42. The molecule has 3 aromatic rings. The zero-order valence-corrected chi connectivity index (χ0v) is 13.4. The van der Waals surface area contributed by atoms with E-state index in [1.54, 1.807) is 12.4 Å². The van der Waals surface area contributed by atoms with Crippen molar-refractivity contribution in [2.24, 2.45) is 5.92 Å². The van der Waals surface area contributed by atoms with E-state index in [1.165, 1.54) is 0 Å². The standard InChI is InChI=1S/C19H18N4O/c1-11-4-5-21-9-15(11)13-6-14-8-18(23-19(24)12-2-3-12)22-10-16(14)17(20)7-13/h4-10,12H,2-3,20H2,1H3,(H,22,23,24). The first-order valence-corrected chi connectivity index (χ1v) is 8.03. The predicted octanol–water partition coefficient (Wildman–Crippen LogP) is 3.54. The van der Waals surface area contributed by atoms with E-state index in [0.717, 1.165) is 40.3 Å². The summed E-state index contributed by atoms with van der Waals surface area (Å²) in [5.74, 6) is 0.768. The third kappa shape index (κ3) is 2.69. The molecule has 0 unspecified atom stereocenters. The summed E-state index contributed by atoms with van der Waals surface area (Å²) >= 11 is 0. The molecule has 5 heteroatoms. The topological polar surface area (TPSA) is 80.9 Å². The first kappa shape index (κ1) is 14.6. The van der Waals surface area contributed by atoms with Gasteiger partial charge < -0.3 is 11.1 Å². The number of fused-ring (bicyclic) bond motifs is 1. The largest absolute Gasteiger partial charge is 0.398 e. The second-order valence-electron chi connectivity index (χ2n) is 6.31. The molecule has 0 spiro atoms. The lowest BCUT2D eigenvalue weighted by atomic mass is 9.99. The van der Waals surface area contributed by atoms with Crippen LogP contribution in [0.4, 0.5) is 11.5 Å². The van der Waals surface area contributed by atoms with Crippen molar-refractivity contribution < 1.29 is 4.79 Å². The Hall–Kier alpha value is -2.95. The summed E-state index contributed by atoms with van der Waals surface area (Å²) in [7, 11) is 0. The average Bonchev–Trinajstić information content (AvgIpc) is 3.40. The van der Waals surface area contributed by atoms with E-state index >= 15 is 0 Å². The Labute approximate surface area is 139 Å². The molecule has 0 atom stereocenters. The molecule has 1 fully saturated rings. The maximum Gasteiger partial charge on any atom is 0.228 e. The molecule has 1 saturated carbocycles. The van der Waals surface area contributed by atoms with E-state index < -0.39 is 0 Å². The molecule has 0 radical (unpaired) electrons. The van der Waals surface area contributed by atoms with Crippen LogP contribution in [-0.2, 0) is 4.79 Å². The molecule has 0 aliphatic heterocycles. The molecule has 3 N–H and O–H groups in total. The Bertz CT molecular complexity index is 947. The quantitative estimate of drug-likeness (QED) is 0.724. The summed E-state index contributed by atoms with van der Waals surface area (Å²) in [4.78, 5) is 20.4. The molecule has 1 aromatic carbocycles. The lowest BCUT2D eigenvalue weighted by molar-refractivity contribution is -0.117. The van der Waals surface area contributed by atoms with Crippen LogP contribution < -0.4 is 11.1 Å². The Morgan fingerprint density at radius 1 is 1.25 bits per heavy atom. The zero-order chi connectivity index (χ0) is 16.7. The van der Waals surface area contributed by atoms with Crippen molar-refractivity contribution in [3.8, 4) is 11.1 Å². The number of nitrogens with one attached hydrogen (secondary N) is 1. The minimum atomic E-state index is 0.0501. The van der Waals surface area contributed by atoms with Crippen LogP contribution in [0.1, 0.15) is 18.4 Å². The summed E-state index contributed by atoms with van der Waals surface area (Å²) in [6.07, 6.45) is 7.27. The van der Waals surface area contributed by atoms with Crippen molar-refractivity contribution >= 4 is 28.2 Å². The molecular weight excluding hydrogens is 300 g/mol. The fraction of sp³-hybridized carbons (Fsp3) is 0.211. The van der Waals surface area contributed by atoms with Gasteiger partial charge in [-0.3, -0.25) is 9.78 Å². The van der Waals surface area contributed by atoms with E-state index in [-0.39, 0.29) is 11.8 Å². The number of rotatable bonds is 3. The van der Waals surface area contributed by atoms with Crippen LogP contribution in [0.3, 0.4) is 0 Å². The van der Waals surface area contributed by atoms with E-state index in [0.29, 0.717) is 11.5 Å². The molecule has 24 heavy (non-hydrogen) atoms. The van der Waals surface area contributed by atoms with Crippen LogP contribution in [-0.4, -0.2) is 15.9 Å². The molecule has 5 nitrogen and oxygen atoms in total. The fourth-order valence-electron chi connectivity index (χ4n) is 2.85. The zero-order valence-electron chi connectivity index (χ0n) is 13.4. The maximum atomic E-state index is 11.9. The second kappa shape index (κ2) is 5.60. The van der Waals surface area contributed by atoms with Gasteiger partial charge in [-0.25, -0.2) is 4.98 Å². The van der Waals surface area contributed by atoms with Crippen LogP contribution in [0.2, 0.25) is 0 Å². The summed E-state index contributed by atoms with van der Waals surface area (Å²) < 4.78 is 0. The number of hydrogen-bond donors (Lipinski definition) is 2. The Morgan fingerprint density at radius 3 is 2.83 bits per heavy atom. The van der Waals surface area contributed by atoms with Crippen molar-refractivity contribution in [1.29, 1.82) is 0 Å². The van der Waals surface area contributed by atoms with Crippen molar-refractivity contribution in [3.63, 3.8) is 0 Å². The molecule has 0 saturated heterocycles. The highest BCUT2D eigenvalue weighted by atomic mass is 16.2. The third-order valence-corrected chi connectivity index (χ3v) is 4.42. The second-order valence-corrected chi connectivity index (χ2v) is 6.31. The van der Waals surface area contributed by atoms with Crippen LogP contribution >= 0.6 is 0 Å². The van der Waals surface area contributed by atoms with E-state index in [1.807, 2.05) is 31.3 Å². The van der Waals surface area contributed by atoms with Crippen molar-refractivity contribution in [1.82, 2.24) is 9.97 Å². The maximum absolute atomic E-state index is 11.9. The minimum absolute atomic E-state index is 0.0501. The number of anilines is 2. The first-order chi connectivity index (χ1) is 11.6. The molecule has 2 heterocycles. The van der Waals surface area contributed by atoms with Gasteiger partial charge in [-0.05, 0) is 60.5 Å². The number of pyridine rings is 2. The van der Waals surface area contributed by atoms with Gasteiger partial charge in [0.05, 0.1) is 0 Å². The van der Waals surface area contributed by atoms with Crippen LogP contribution in [0, 0.1) is 12.8 Å². The molecule has 1 aliphatic rings. The number of nitrogens with zero attached hydrogens (tertiary/aromatic N) is 2. The van der Waals surface area contributed by atoms with E-state index in [4.69, 9.17) is 5.73 Å². The van der Waals surface area contributed by atoms with Gasteiger partial charge in [-0.2, -0.15) is 0 Å². The van der Waals surface area contributed by atoms with E-state index in [9.17, 15) is 4.79 Å². The van der Waals surface area contributed by atoms with Crippen molar-refractivity contribution in [3.05, 3.63) is 48.4 Å². The average molecular weight is 318 g/mol. The number of amides is 1. The van der Waals surface area contributed by atoms with Gasteiger partial charge >= 0.3 is 0 Å². The molecule has 120 valence electrons. The van der Waals surface area contributed by atoms with Gasteiger partial charge in [0.15, 0.2) is 0 Å². The highest BCUT2D eigenvalue weighted by molar-refractivity contribution is 6.00. The number of aromatic nitrogens is 2. The van der Waals surface area contributed by atoms with Crippen LogP contribution in [0.15, 0.2) is 42.9 Å². The molecule has 4 rings (SSSR count). The number of aryl methyl sites for hydroxylation is 1. The van der Waals surface area contributed by atoms with Gasteiger partial charge in [0.1, 0.15) is 5.82 Å². The van der Waals surface area contributed by atoms with Crippen LogP contribution in [0.5, 0.6) is 0 Å². The number of carbonyl (C=O) groups excluding carboxylic acids is 1. The molecule has 0 bridgehead atoms. The molecule has 1 aliphatic carbocycles. The first-order valence-electron chi connectivity index (χ1n) is 8.03.